The van der Waals surface area contributed by atoms with Gasteiger partial charge in [-0.2, -0.15) is 0 Å². The molecule has 0 radical (unpaired) electrons. The Balaban J connectivity index is 2.44. The minimum absolute atomic E-state index is 0.271. The summed E-state index contributed by atoms with van der Waals surface area (Å²) in [5.41, 5.74) is 3.46. The lowest BCUT2D eigenvalue weighted by atomic mass is 10.0. The van der Waals surface area contributed by atoms with Gasteiger partial charge in [0.1, 0.15) is 0 Å². The van der Waals surface area contributed by atoms with Gasteiger partial charge in [0.25, 0.3) is 0 Å². The van der Waals surface area contributed by atoms with Gasteiger partial charge in [0.15, 0.2) is 5.78 Å². The van der Waals surface area contributed by atoms with Crippen molar-refractivity contribution in [3.63, 3.8) is 0 Å². The second-order valence-corrected chi connectivity index (χ2v) is 3.23. The van der Waals surface area contributed by atoms with E-state index in [1.807, 2.05) is 13.0 Å². The Bertz CT molecular complexity index is 331. The van der Waals surface area contributed by atoms with E-state index in [1.54, 1.807) is 0 Å². The molecule has 0 saturated carbocycles. The van der Waals surface area contributed by atoms with Crippen LogP contribution in [0.15, 0.2) is 18.2 Å². The van der Waals surface area contributed by atoms with Crippen LogP contribution >= 0.6 is 0 Å². The molecule has 0 fully saturated rings. The minimum atomic E-state index is 0.271. The molecule has 1 aromatic rings. The highest BCUT2D eigenvalue weighted by Crippen LogP contribution is 2.20. The van der Waals surface area contributed by atoms with Gasteiger partial charge in [-0.25, -0.2) is 0 Å². The van der Waals surface area contributed by atoms with Crippen LogP contribution in [-0.4, -0.2) is 12.3 Å². The summed E-state index contributed by atoms with van der Waals surface area (Å²) in [6, 6.07) is 6.16. The van der Waals surface area contributed by atoms with Crippen molar-refractivity contribution in [2.45, 2.75) is 13.3 Å². The van der Waals surface area contributed by atoms with Crippen LogP contribution < -0.4 is 5.32 Å². The third-order valence-electron chi connectivity index (χ3n) is 2.12. The monoisotopic (exact) mass is 161 g/mol. The largest absolute Gasteiger partial charge is 0.378 e. The predicted molar refractivity (Wildman–Crippen MR) is 48.4 cm³/mol. The van der Waals surface area contributed by atoms with Gasteiger partial charge in [-0.1, -0.05) is 17.7 Å². The number of benzene rings is 1. The number of fused-ring (bicyclic) bond motifs is 1. The first-order valence-corrected chi connectivity index (χ1v) is 4.11. The fourth-order valence-electron chi connectivity index (χ4n) is 1.51. The van der Waals surface area contributed by atoms with E-state index in [0.717, 1.165) is 11.3 Å². The molecule has 0 bridgehead atoms. The van der Waals surface area contributed by atoms with Crippen LogP contribution in [0.3, 0.4) is 0 Å². The average molecular weight is 161 g/mol. The Morgan fingerprint density at radius 1 is 1.42 bits per heavy atom. The maximum absolute atomic E-state index is 11.1. The molecule has 2 heteroatoms. The van der Waals surface area contributed by atoms with Crippen molar-refractivity contribution in [3.8, 4) is 0 Å². The van der Waals surface area contributed by atoms with Crippen LogP contribution in [0.1, 0.15) is 11.1 Å². The number of aryl methyl sites for hydroxylation is 1. The van der Waals surface area contributed by atoms with E-state index in [9.17, 15) is 4.79 Å². The fourth-order valence-corrected chi connectivity index (χ4v) is 1.51. The SMILES string of the molecule is Cc1ccc2c(c1)CC(=O)CN2. The molecule has 0 atom stereocenters. The van der Waals surface area contributed by atoms with Gasteiger partial charge in [-0.15, -0.1) is 0 Å². The van der Waals surface area contributed by atoms with E-state index >= 15 is 0 Å². The summed E-state index contributed by atoms with van der Waals surface area (Å²) in [7, 11) is 0. The van der Waals surface area contributed by atoms with Gasteiger partial charge in [0.05, 0.1) is 6.54 Å². The maximum atomic E-state index is 11.1. The van der Waals surface area contributed by atoms with E-state index in [2.05, 4.69) is 17.4 Å². The van der Waals surface area contributed by atoms with Gasteiger partial charge in [-0.05, 0) is 18.6 Å². The highest BCUT2D eigenvalue weighted by Gasteiger charge is 2.13. The maximum Gasteiger partial charge on any atom is 0.156 e. The Morgan fingerprint density at radius 2 is 2.25 bits per heavy atom. The molecule has 1 aliphatic rings. The zero-order valence-corrected chi connectivity index (χ0v) is 7.05. The topological polar surface area (TPSA) is 29.1 Å². The lowest BCUT2D eigenvalue weighted by Crippen LogP contribution is -2.22. The van der Waals surface area contributed by atoms with Crippen molar-refractivity contribution in [2.75, 3.05) is 11.9 Å². The Kier molecular flexibility index (Phi) is 1.61. The summed E-state index contributed by atoms with van der Waals surface area (Å²) in [5, 5.41) is 3.09. The van der Waals surface area contributed by atoms with E-state index in [4.69, 9.17) is 0 Å². The number of rotatable bonds is 0. The van der Waals surface area contributed by atoms with Crippen molar-refractivity contribution in [1.82, 2.24) is 0 Å². The Morgan fingerprint density at radius 3 is 3.08 bits per heavy atom. The third kappa shape index (κ3) is 1.20. The first kappa shape index (κ1) is 7.35. The van der Waals surface area contributed by atoms with Gasteiger partial charge in [-0.3, -0.25) is 4.79 Å². The van der Waals surface area contributed by atoms with Crippen LogP contribution in [-0.2, 0) is 11.2 Å². The Labute approximate surface area is 71.6 Å². The van der Waals surface area contributed by atoms with Crippen LogP contribution in [0.4, 0.5) is 5.69 Å². The molecule has 1 N–H and O–H groups in total. The van der Waals surface area contributed by atoms with Gasteiger partial charge >= 0.3 is 0 Å². The molecule has 0 amide bonds. The van der Waals surface area contributed by atoms with Gasteiger partial charge in [0.2, 0.25) is 0 Å². The van der Waals surface area contributed by atoms with Gasteiger partial charge < -0.3 is 5.32 Å². The smallest absolute Gasteiger partial charge is 0.156 e. The number of ketones is 1. The lowest BCUT2D eigenvalue weighted by molar-refractivity contribution is -0.117. The average Bonchev–Trinajstić information content (AvgIpc) is 2.03. The lowest BCUT2D eigenvalue weighted by Gasteiger charge is -2.16. The first-order chi connectivity index (χ1) is 5.75. The zero-order chi connectivity index (χ0) is 8.55. The van der Waals surface area contributed by atoms with Crippen molar-refractivity contribution < 1.29 is 4.79 Å². The number of hydrogen-bond acceptors (Lipinski definition) is 2. The summed E-state index contributed by atoms with van der Waals surface area (Å²) in [4.78, 5) is 11.1. The molecule has 0 spiro atoms. The molecule has 1 heterocycles. The van der Waals surface area contributed by atoms with Crippen molar-refractivity contribution in [1.29, 1.82) is 0 Å². The van der Waals surface area contributed by atoms with Crippen LogP contribution in [0.2, 0.25) is 0 Å². The van der Waals surface area contributed by atoms with Crippen LogP contribution in [0, 0.1) is 6.92 Å². The number of anilines is 1. The predicted octanol–water partition coefficient (Wildman–Crippen LogP) is 1.53. The molecule has 0 aliphatic carbocycles. The molecule has 0 aromatic heterocycles. The number of hydrogen-bond donors (Lipinski definition) is 1. The first-order valence-electron chi connectivity index (χ1n) is 4.11. The normalized spacial score (nSPS) is 15.2. The summed E-state index contributed by atoms with van der Waals surface area (Å²) < 4.78 is 0. The van der Waals surface area contributed by atoms with Crippen LogP contribution in [0.5, 0.6) is 0 Å². The summed E-state index contributed by atoms with van der Waals surface area (Å²) in [5.74, 6) is 0.271. The van der Waals surface area contributed by atoms with Gasteiger partial charge in [0, 0.05) is 12.1 Å². The molecule has 62 valence electrons. The summed E-state index contributed by atoms with van der Waals surface area (Å²) in [6.45, 7) is 2.52. The molecule has 2 nitrogen and oxygen atoms in total. The van der Waals surface area contributed by atoms with Crippen molar-refractivity contribution in [3.05, 3.63) is 29.3 Å². The molecule has 0 saturated heterocycles. The van der Waals surface area contributed by atoms with E-state index in [0.29, 0.717) is 13.0 Å². The number of nitrogens with one attached hydrogen (secondary N) is 1. The molecule has 1 aromatic carbocycles. The fraction of sp³-hybridized carbons (Fsp3) is 0.300. The Hall–Kier alpha value is -1.31. The molecule has 12 heavy (non-hydrogen) atoms. The molecule has 0 unspecified atom stereocenters. The molecular formula is C10H11NO. The molecule has 1 aliphatic heterocycles. The zero-order valence-electron chi connectivity index (χ0n) is 7.05. The highest BCUT2D eigenvalue weighted by molar-refractivity contribution is 5.89. The molecular weight excluding hydrogens is 150 g/mol. The van der Waals surface area contributed by atoms with E-state index in [1.165, 1.54) is 5.56 Å². The van der Waals surface area contributed by atoms with Crippen molar-refractivity contribution >= 4 is 11.5 Å². The van der Waals surface area contributed by atoms with Crippen LogP contribution in [0.25, 0.3) is 0 Å². The second-order valence-electron chi connectivity index (χ2n) is 3.23. The second kappa shape index (κ2) is 2.63. The molecule has 2 rings (SSSR count). The summed E-state index contributed by atoms with van der Waals surface area (Å²) in [6.07, 6.45) is 0.587. The highest BCUT2D eigenvalue weighted by atomic mass is 16.1. The number of Topliss-reactive ketones (excluding diaryl/α,β-unsaturated/α-hetero) is 1. The van der Waals surface area contributed by atoms with E-state index < -0.39 is 0 Å². The van der Waals surface area contributed by atoms with E-state index in [-0.39, 0.29) is 5.78 Å². The number of carbonyl (C=O) groups is 1. The van der Waals surface area contributed by atoms with Crippen molar-refractivity contribution in [2.24, 2.45) is 0 Å². The standard InChI is InChI=1S/C10H11NO/c1-7-2-3-10-8(4-7)5-9(12)6-11-10/h2-4,11H,5-6H2,1H3. The number of carbonyl (C=O) groups excluding carboxylic acids is 1. The minimum Gasteiger partial charge on any atom is -0.378 e. The third-order valence-corrected chi connectivity index (χ3v) is 2.12. The quantitative estimate of drug-likeness (QED) is 0.625. The summed E-state index contributed by atoms with van der Waals surface area (Å²) >= 11 is 0.